The number of esters is 2. The Hall–Kier alpha value is -2.08. The first-order valence-electron chi connectivity index (χ1n) is 10.4. The van der Waals surface area contributed by atoms with Gasteiger partial charge in [-0.15, -0.1) is 11.3 Å². The van der Waals surface area contributed by atoms with E-state index < -0.39 is 5.92 Å². The molecule has 4 saturated carbocycles. The molecular formula is C23H27NO4S. The van der Waals surface area contributed by atoms with Crippen LogP contribution in [0.3, 0.4) is 0 Å². The average molecular weight is 414 g/mol. The van der Waals surface area contributed by atoms with Gasteiger partial charge < -0.3 is 14.4 Å². The molecule has 1 aromatic heterocycles. The van der Waals surface area contributed by atoms with Crippen LogP contribution in [0, 0.1) is 17.8 Å². The van der Waals surface area contributed by atoms with Crippen molar-refractivity contribution in [2.75, 3.05) is 14.2 Å². The molecule has 1 aromatic rings. The Balaban J connectivity index is 1.61. The minimum Gasteiger partial charge on any atom is -0.466 e. The van der Waals surface area contributed by atoms with E-state index >= 15 is 0 Å². The summed E-state index contributed by atoms with van der Waals surface area (Å²) in [6.07, 6.45) is 11.4. The fourth-order valence-electron chi connectivity index (χ4n) is 6.65. The summed E-state index contributed by atoms with van der Waals surface area (Å²) in [5.41, 5.74) is 1.05. The first kappa shape index (κ1) is 18.9. The van der Waals surface area contributed by atoms with Gasteiger partial charge in [0.25, 0.3) is 0 Å². The van der Waals surface area contributed by atoms with Crippen molar-refractivity contribution in [3.8, 4) is 0 Å². The molecule has 4 fully saturated rings. The Morgan fingerprint density at radius 1 is 0.966 bits per heavy atom. The number of thiophene rings is 1. The molecule has 0 saturated heterocycles. The van der Waals surface area contributed by atoms with E-state index in [1.807, 2.05) is 29.9 Å². The predicted octanol–water partition coefficient (Wildman–Crippen LogP) is 4.23. The van der Waals surface area contributed by atoms with Crippen LogP contribution in [0.15, 0.2) is 41.1 Å². The molecule has 0 unspecified atom stereocenters. The van der Waals surface area contributed by atoms with Crippen LogP contribution in [0.25, 0.3) is 0 Å². The number of hydrogen-bond acceptors (Lipinski definition) is 6. The van der Waals surface area contributed by atoms with Crippen molar-refractivity contribution in [2.24, 2.45) is 17.8 Å². The van der Waals surface area contributed by atoms with Gasteiger partial charge in [0, 0.05) is 22.8 Å². The summed E-state index contributed by atoms with van der Waals surface area (Å²) in [7, 11) is 2.81. The van der Waals surface area contributed by atoms with Crippen molar-refractivity contribution in [3.05, 3.63) is 45.9 Å². The van der Waals surface area contributed by atoms with Crippen molar-refractivity contribution in [2.45, 2.75) is 50.0 Å². The van der Waals surface area contributed by atoms with Gasteiger partial charge in [-0.05, 0) is 67.7 Å². The lowest BCUT2D eigenvalue weighted by atomic mass is 9.52. The van der Waals surface area contributed by atoms with Gasteiger partial charge in [-0.25, -0.2) is 9.59 Å². The van der Waals surface area contributed by atoms with E-state index in [4.69, 9.17) is 9.47 Å². The molecule has 6 rings (SSSR count). The lowest BCUT2D eigenvalue weighted by molar-refractivity contribution is -0.137. The molecule has 5 aliphatic rings. The molecule has 4 aliphatic carbocycles. The standard InChI is InChI=1S/C23H27NO4S/c1-27-21(25)17-12-24(23-9-14-6-15(10-23)8-16(7-14)11-23)13-18(22(26)28-2)20(17)19-4-3-5-29-19/h3-5,12-16,20H,6-11H2,1-2H3. The highest BCUT2D eigenvalue weighted by molar-refractivity contribution is 7.10. The quantitative estimate of drug-likeness (QED) is 0.692. The fourth-order valence-corrected chi connectivity index (χ4v) is 7.51. The van der Waals surface area contributed by atoms with Gasteiger partial charge in [-0.1, -0.05) is 6.07 Å². The molecule has 6 heteroatoms. The van der Waals surface area contributed by atoms with E-state index in [2.05, 4.69) is 4.90 Å². The molecule has 5 nitrogen and oxygen atoms in total. The summed E-state index contributed by atoms with van der Waals surface area (Å²) in [5.74, 6) is 1.09. The largest absolute Gasteiger partial charge is 0.466 e. The topological polar surface area (TPSA) is 55.8 Å². The number of methoxy groups -OCH3 is 2. The van der Waals surface area contributed by atoms with Crippen LogP contribution in [0.1, 0.15) is 49.3 Å². The van der Waals surface area contributed by atoms with Gasteiger partial charge in [0.2, 0.25) is 0 Å². The molecule has 0 N–H and O–H groups in total. The number of rotatable bonds is 4. The molecule has 0 amide bonds. The summed E-state index contributed by atoms with van der Waals surface area (Å²) < 4.78 is 10.3. The molecule has 2 heterocycles. The first-order valence-corrected chi connectivity index (χ1v) is 11.3. The molecule has 1 aliphatic heterocycles. The minimum atomic E-state index is -0.444. The Morgan fingerprint density at radius 3 is 1.90 bits per heavy atom. The number of nitrogens with zero attached hydrogens (tertiary/aromatic N) is 1. The zero-order valence-electron chi connectivity index (χ0n) is 16.9. The smallest absolute Gasteiger partial charge is 0.336 e. The van der Waals surface area contributed by atoms with E-state index in [1.54, 1.807) is 0 Å². The van der Waals surface area contributed by atoms with Crippen LogP contribution in [-0.4, -0.2) is 36.6 Å². The van der Waals surface area contributed by atoms with Gasteiger partial charge >= 0.3 is 11.9 Å². The molecular weight excluding hydrogens is 386 g/mol. The molecule has 4 bridgehead atoms. The van der Waals surface area contributed by atoms with E-state index in [-0.39, 0.29) is 17.5 Å². The van der Waals surface area contributed by atoms with Crippen LogP contribution in [-0.2, 0) is 19.1 Å². The Kier molecular flexibility index (Phi) is 4.57. The van der Waals surface area contributed by atoms with E-state index in [1.165, 1.54) is 44.8 Å². The maximum absolute atomic E-state index is 12.8. The summed E-state index contributed by atoms with van der Waals surface area (Å²) in [6.45, 7) is 0. The monoisotopic (exact) mass is 413 g/mol. The zero-order chi connectivity index (χ0) is 20.2. The van der Waals surface area contributed by atoms with E-state index in [0.717, 1.165) is 41.9 Å². The zero-order valence-corrected chi connectivity index (χ0v) is 17.7. The van der Waals surface area contributed by atoms with Crippen molar-refractivity contribution in [1.82, 2.24) is 4.90 Å². The van der Waals surface area contributed by atoms with Gasteiger partial charge in [-0.2, -0.15) is 0 Å². The van der Waals surface area contributed by atoms with E-state index in [0.29, 0.717) is 11.1 Å². The van der Waals surface area contributed by atoms with Crippen molar-refractivity contribution in [3.63, 3.8) is 0 Å². The number of ether oxygens (including phenoxy) is 2. The summed E-state index contributed by atoms with van der Waals surface area (Å²) in [4.78, 5) is 28.8. The highest BCUT2D eigenvalue weighted by Gasteiger charge is 2.54. The van der Waals surface area contributed by atoms with Crippen LogP contribution >= 0.6 is 11.3 Å². The predicted molar refractivity (Wildman–Crippen MR) is 110 cm³/mol. The van der Waals surface area contributed by atoms with Crippen molar-refractivity contribution < 1.29 is 19.1 Å². The summed E-state index contributed by atoms with van der Waals surface area (Å²) in [6, 6.07) is 3.90. The lowest BCUT2D eigenvalue weighted by Gasteiger charge is -2.60. The van der Waals surface area contributed by atoms with Crippen LogP contribution < -0.4 is 0 Å². The highest BCUT2D eigenvalue weighted by Crippen LogP contribution is 2.59. The molecule has 29 heavy (non-hydrogen) atoms. The second kappa shape index (κ2) is 7.01. The molecule has 0 atom stereocenters. The third kappa shape index (κ3) is 3.03. The average Bonchev–Trinajstić information content (AvgIpc) is 3.25. The molecule has 154 valence electrons. The number of carbonyl (C=O) groups is 2. The second-order valence-electron chi connectivity index (χ2n) is 9.15. The Labute approximate surface area is 175 Å². The van der Waals surface area contributed by atoms with E-state index in [9.17, 15) is 9.59 Å². The first-order chi connectivity index (χ1) is 14.0. The number of carbonyl (C=O) groups excluding carboxylic acids is 2. The van der Waals surface area contributed by atoms with Gasteiger partial charge in [0.05, 0.1) is 31.3 Å². The van der Waals surface area contributed by atoms with Crippen LogP contribution in [0.2, 0.25) is 0 Å². The Morgan fingerprint density at radius 2 is 1.48 bits per heavy atom. The van der Waals surface area contributed by atoms with Crippen LogP contribution in [0.5, 0.6) is 0 Å². The minimum absolute atomic E-state index is 0.00765. The third-order valence-electron chi connectivity index (χ3n) is 7.40. The van der Waals surface area contributed by atoms with Gasteiger partial charge in [-0.3, -0.25) is 0 Å². The maximum Gasteiger partial charge on any atom is 0.336 e. The number of hydrogen-bond donors (Lipinski definition) is 0. The summed E-state index contributed by atoms with van der Waals surface area (Å²) in [5, 5.41) is 1.96. The van der Waals surface area contributed by atoms with Gasteiger partial charge in [0.15, 0.2) is 0 Å². The Bertz CT molecular complexity index is 815. The molecule has 0 aromatic carbocycles. The van der Waals surface area contributed by atoms with Crippen molar-refractivity contribution >= 4 is 23.3 Å². The fraction of sp³-hybridized carbons (Fsp3) is 0.565. The van der Waals surface area contributed by atoms with Crippen molar-refractivity contribution in [1.29, 1.82) is 0 Å². The SMILES string of the molecule is COC(=O)C1=CN(C23CC4CC(CC(C4)C2)C3)C=C(C(=O)OC)C1c1cccs1. The highest BCUT2D eigenvalue weighted by atomic mass is 32.1. The maximum atomic E-state index is 12.8. The lowest BCUT2D eigenvalue weighted by Crippen LogP contribution is -2.57. The molecule has 0 radical (unpaired) electrons. The third-order valence-corrected chi connectivity index (χ3v) is 8.34. The second-order valence-corrected chi connectivity index (χ2v) is 10.1. The van der Waals surface area contributed by atoms with Gasteiger partial charge in [0.1, 0.15) is 0 Å². The summed E-state index contributed by atoms with van der Waals surface area (Å²) >= 11 is 1.54. The van der Waals surface area contributed by atoms with Crippen LogP contribution in [0.4, 0.5) is 0 Å². The normalized spacial score (nSPS) is 33.3. The molecule has 0 spiro atoms.